The van der Waals surface area contributed by atoms with Crippen molar-refractivity contribution in [1.82, 2.24) is 14.9 Å². The van der Waals surface area contributed by atoms with Crippen molar-refractivity contribution in [2.45, 2.75) is 38.9 Å². The molecule has 1 N–H and O–H groups in total. The predicted octanol–water partition coefficient (Wildman–Crippen LogP) is 4.60. The fourth-order valence-electron chi connectivity index (χ4n) is 3.13. The van der Waals surface area contributed by atoms with Gasteiger partial charge in [-0.3, -0.25) is 9.78 Å². The van der Waals surface area contributed by atoms with Gasteiger partial charge in [-0.25, -0.2) is 4.98 Å². The number of nitrogens with one attached hydrogen (secondary N) is 1. The minimum atomic E-state index is -0.249. The number of carbonyl (C=O) groups is 1. The van der Waals surface area contributed by atoms with E-state index in [9.17, 15) is 4.79 Å². The zero-order chi connectivity index (χ0) is 19.0. The number of hydrogen-bond acceptors (Lipinski definition) is 5. The average Bonchev–Trinajstić information content (AvgIpc) is 3.15. The number of amides is 1. The van der Waals surface area contributed by atoms with Gasteiger partial charge in [0.05, 0.1) is 15.4 Å². The second-order valence-corrected chi connectivity index (χ2v) is 8.77. The smallest absolute Gasteiger partial charge is 0.258 e. The lowest BCUT2D eigenvalue weighted by atomic mass is 9.98. The molecular weight excluding hydrogens is 356 g/mol. The summed E-state index contributed by atoms with van der Waals surface area (Å²) >= 11 is 1.65. The lowest BCUT2D eigenvalue weighted by Gasteiger charge is -2.37. The van der Waals surface area contributed by atoms with Gasteiger partial charge >= 0.3 is 0 Å². The van der Waals surface area contributed by atoms with Crippen LogP contribution >= 0.6 is 11.3 Å². The van der Waals surface area contributed by atoms with E-state index in [1.165, 1.54) is 0 Å². The minimum absolute atomic E-state index is 0.0175. The summed E-state index contributed by atoms with van der Waals surface area (Å²) in [4.78, 5) is 25.0. The van der Waals surface area contributed by atoms with Gasteiger partial charge in [0.1, 0.15) is 6.17 Å². The van der Waals surface area contributed by atoms with E-state index in [0.29, 0.717) is 12.1 Å². The van der Waals surface area contributed by atoms with Crippen molar-refractivity contribution in [3.63, 3.8) is 0 Å². The highest BCUT2D eigenvalue weighted by Gasteiger charge is 2.34. The number of carbonyl (C=O) groups excluding carboxylic acids is 1. The Bertz CT molecular complexity index is 962. The number of nitrogens with zero attached hydrogens (tertiary/aromatic N) is 3. The Hall–Kier alpha value is -2.73. The highest BCUT2D eigenvalue weighted by atomic mass is 32.1. The van der Waals surface area contributed by atoms with Crippen molar-refractivity contribution in [2.75, 3.05) is 5.32 Å². The van der Waals surface area contributed by atoms with E-state index in [4.69, 9.17) is 0 Å². The fourth-order valence-corrected chi connectivity index (χ4v) is 4.17. The van der Waals surface area contributed by atoms with E-state index in [1.54, 1.807) is 23.7 Å². The number of hydrogen-bond donors (Lipinski definition) is 1. The van der Waals surface area contributed by atoms with Crippen LogP contribution in [0.5, 0.6) is 0 Å². The number of thiazole rings is 1. The summed E-state index contributed by atoms with van der Waals surface area (Å²) in [6, 6.07) is 11.5. The molecule has 1 amide bonds. The Kier molecular flexibility index (Phi) is 4.44. The third kappa shape index (κ3) is 3.45. The maximum absolute atomic E-state index is 13.3. The number of anilines is 1. The molecule has 0 saturated carbocycles. The van der Waals surface area contributed by atoms with Gasteiger partial charge in [0, 0.05) is 36.2 Å². The lowest BCUT2D eigenvalue weighted by Crippen LogP contribution is -2.42. The van der Waals surface area contributed by atoms with Crippen molar-refractivity contribution < 1.29 is 4.79 Å². The van der Waals surface area contributed by atoms with Crippen molar-refractivity contribution in [1.29, 1.82) is 0 Å². The molecule has 3 aromatic rings. The van der Waals surface area contributed by atoms with Crippen LogP contribution in [-0.2, 0) is 12.0 Å². The van der Waals surface area contributed by atoms with Crippen LogP contribution in [0.2, 0.25) is 0 Å². The number of pyridine rings is 1. The summed E-state index contributed by atoms with van der Waals surface area (Å²) in [5.41, 5.74) is 2.53. The summed E-state index contributed by atoms with van der Waals surface area (Å²) in [5, 5.41) is 4.60. The number of benzene rings is 1. The molecule has 1 atom stereocenters. The monoisotopic (exact) mass is 378 g/mol. The van der Waals surface area contributed by atoms with Crippen molar-refractivity contribution >= 4 is 22.9 Å². The van der Waals surface area contributed by atoms with Crippen LogP contribution in [0.25, 0.3) is 0 Å². The molecule has 4 rings (SSSR count). The summed E-state index contributed by atoms with van der Waals surface area (Å²) < 4.78 is 0. The van der Waals surface area contributed by atoms with Crippen LogP contribution in [0.1, 0.15) is 52.7 Å². The van der Waals surface area contributed by atoms with Crippen LogP contribution in [0.4, 0.5) is 5.69 Å². The standard InChI is InChI=1S/C21H22N4OS/c1-21(2,3)20-23-12-17(27-20)18-24-16-9-5-4-8-15(16)19(26)25(18)13-14-7-6-10-22-11-14/h4-12,18,24H,13H2,1-3H3/t18-/m0/s1. The van der Waals surface area contributed by atoms with Gasteiger partial charge in [0.15, 0.2) is 0 Å². The Balaban J connectivity index is 1.74. The lowest BCUT2D eigenvalue weighted by molar-refractivity contribution is 0.0669. The maximum Gasteiger partial charge on any atom is 0.258 e. The molecule has 5 nitrogen and oxygen atoms in total. The van der Waals surface area contributed by atoms with Gasteiger partial charge < -0.3 is 10.2 Å². The summed E-state index contributed by atoms with van der Waals surface area (Å²) in [7, 11) is 0. The first-order valence-electron chi connectivity index (χ1n) is 8.95. The molecule has 3 heterocycles. The molecule has 138 valence electrons. The van der Waals surface area contributed by atoms with E-state index < -0.39 is 0 Å². The highest BCUT2D eigenvalue weighted by Crippen LogP contribution is 2.38. The molecule has 0 radical (unpaired) electrons. The SMILES string of the molecule is CC(C)(C)c1ncc([C@H]2Nc3ccccc3C(=O)N2Cc2cccnc2)s1. The van der Waals surface area contributed by atoms with Gasteiger partial charge in [-0.1, -0.05) is 39.0 Å². The molecule has 1 aromatic carbocycles. The van der Waals surface area contributed by atoms with Crippen molar-refractivity contribution in [2.24, 2.45) is 0 Å². The predicted molar refractivity (Wildman–Crippen MR) is 108 cm³/mol. The van der Waals surface area contributed by atoms with Crippen molar-refractivity contribution in [3.05, 3.63) is 76.0 Å². The topological polar surface area (TPSA) is 58.1 Å². The largest absolute Gasteiger partial charge is 0.360 e. The summed E-state index contributed by atoms with van der Waals surface area (Å²) in [6.07, 6.45) is 5.19. The van der Waals surface area contributed by atoms with Gasteiger partial charge in [0.25, 0.3) is 5.91 Å². The summed E-state index contributed by atoms with van der Waals surface area (Å²) in [5.74, 6) is 0.0175. The molecule has 1 aliphatic rings. The fraction of sp³-hybridized carbons (Fsp3) is 0.286. The Labute approximate surface area is 163 Å². The maximum atomic E-state index is 13.3. The Morgan fingerprint density at radius 2 is 1.96 bits per heavy atom. The third-order valence-electron chi connectivity index (χ3n) is 4.53. The molecule has 0 unspecified atom stereocenters. The van der Waals surface area contributed by atoms with Gasteiger partial charge in [-0.15, -0.1) is 11.3 Å². The first-order chi connectivity index (χ1) is 12.9. The van der Waals surface area contributed by atoms with E-state index in [2.05, 4.69) is 36.1 Å². The molecule has 1 aliphatic heterocycles. The van der Waals surface area contributed by atoms with Crippen LogP contribution < -0.4 is 5.32 Å². The highest BCUT2D eigenvalue weighted by molar-refractivity contribution is 7.11. The molecule has 0 saturated heterocycles. The number of fused-ring (bicyclic) bond motifs is 1. The van der Waals surface area contributed by atoms with Crippen LogP contribution in [0.15, 0.2) is 55.0 Å². The second kappa shape index (κ2) is 6.78. The third-order valence-corrected chi connectivity index (χ3v) is 6.01. The molecule has 6 heteroatoms. The van der Waals surface area contributed by atoms with Gasteiger partial charge in [-0.2, -0.15) is 0 Å². The number of para-hydroxylation sites is 1. The molecule has 0 aliphatic carbocycles. The zero-order valence-electron chi connectivity index (χ0n) is 15.6. The Morgan fingerprint density at radius 1 is 1.15 bits per heavy atom. The molecular formula is C21H22N4OS. The summed E-state index contributed by atoms with van der Waals surface area (Å²) in [6.45, 7) is 6.94. The number of aromatic nitrogens is 2. The van der Waals surface area contributed by atoms with Gasteiger partial charge in [0.2, 0.25) is 0 Å². The normalized spacial score (nSPS) is 16.8. The zero-order valence-corrected chi connectivity index (χ0v) is 16.5. The molecule has 0 spiro atoms. The van der Waals surface area contributed by atoms with Crippen molar-refractivity contribution in [3.8, 4) is 0 Å². The van der Waals surface area contributed by atoms with Crippen LogP contribution in [0, 0.1) is 0 Å². The first-order valence-corrected chi connectivity index (χ1v) is 9.77. The Morgan fingerprint density at radius 3 is 2.67 bits per heavy atom. The average molecular weight is 379 g/mol. The van der Waals surface area contributed by atoms with E-state index in [0.717, 1.165) is 21.1 Å². The molecule has 0 bridgehead atoms. The molecule has 2 aromatic heterocycles. The quantitative estimate of drug-likeness (QED) is 0.723. The molecule has 27 heavy (non-hydrogen) atoms. The van der Waals surface area contributed by atoms with Crippen LogP contribution in [0.3, 0.4) is 0 Å². The van der Waals surface area contributed by atoms with E-state index in [1.807, 2.05) is 47.5 Å². The number of rotatable bonds is 3. The van der Waals surface area contributed by atoms with E-state index >= 15 is 0 Å². The van der Waals surface area contributed by atoms with Crippen LogP contribution in [-0.4, -0.2) is 20.8 Å². The van der Waals surface area contributed by atoms with E-state index in [-0.39, 0.29) is 17.5 Å². The van der Waals surface area contributed by atoms with Gasteiger partial charge in [-0.05, 0) is 23.8 Å². The second-order valence-electron chi connectivity index (χ2n) is 7.70. The molecule has 0 fully saturated rings. The first kappa shape index (κ1) is 17.7. The minimum Gasteiger partial charge on any atom is -0.360 e.